The fourth-order valence-electron chi connectivity index (χ4n) is 5.05. The molecule has 0 amide bonds. The number of hydrogen-bond donors (Lipinski definition) is 1. The first kappa shape index (κ1) is 34.7. The van der Waals surface area contributed by atoms with Crippen LogP contribution < -0.4 is 9.47 Å². The Balaban J connectivity index is 1.54. The van der Waals surface area contributed by atoms with Crippen molar-refractivity contribution >= 4 is 11.9 Å². The molecule has 41 heavy (non-hydrogen) atoms. The molecule has 0 saturated carbocycles. The van der Waals surface area contributed by atoms with Gasteiger partial charge in [-0.3, -0.25) is 4.99 Å². The molecule has 2 aromatic rings. The Labute approximate surface area is 252 Å². The van der Waals surface area contributed by atoms with Gasteiger partial charge >= 0.3 is 0 Å². The van der Waals surface area contributed by atoms with E-state index in [0.29, 0.717) is 17.9 Å². The highest BCUT2D eigenvalue weighted by Gasteiger charge is 2.03. The van der Waals surface area contributed by atoms with Crippen LogP contribution in [0.25, 0.3) is 0 Å². The van der Waals surface area contributed by atoms with E-state index in [1.807, 2.05) is 36.4 Å². The third kappa shape index (κ3) is 17.8. The highest BCUT2D eigenvalue weighted by Crippen LogP contribution is 2.24. The summed E-state index contributed by atoms with van der Waals surface area (Å²) in [5, 5.41) is 10.4. The minimum absolute atomic E-state index is 0.185. The molecule has 4 nitrogen and oxygen atoms in total. The maximum atomic E-state index is 10.4. The Morgan fingerprint density at radius 2 is 0.951 bits per heavy atom. The van der Waals surface area contributed by atoms with Crippen LogP contribution in [0.2, 0.25) is 0 Å². The molecule has 0 bridgehead atoms. The number of phenols is 1. The Bertz CT molecular complexity index is 909. The summed E-state index contributed by atoms with van der Waals surface area (Å²) in [5.41, 5.74) is 1.51. The van der Waals surface area contributed by atoms with E-state index in [0.717, 1.165) is 30.9 Å². The lowest BCUT2D eigenvalue weighted by Gasteiger charge is -2.08. The molecular weight excluding hydrogens is 506 g/mol. The molecule has 230 valence electrons. The lowest BCUT2D eigenvalue weighted by Crippen LogP contribution is -1.97. The molecule has 0 fully saturated rings. The van der Waals surface area contributed by atoms with Gasteiger partial charge in [0.25, 0.3) is 0 Å². The van der Waals surface area contributed by atoms with Gasteiger partial charge in [0.05, 0.1) is 18.9 Å². The number of rotatable bonds is 26. The second kappa shape index (κ2) is 24.1. The predicted molar refractivity (Wildman–Crippen MR) is 176 cm³/mol. The van der Waals surface area contributed by atoms with Gasteiger partial charge in [-0.05, 0) is 49.2 Å². The van der Waals surface area contributed by atoms with Crippen molar-refractivity contribution in [2.75, 3.05) is 13.2 Å². The van der Waals surface area contributed by atoms with Crippen molar-refractivity contribution in [3.8, 4) is 17.2 Å². The van der Waals surface area contributed by atoms with Crippen molar-refractivity contribution in [2.45, 2.75) is 142 Å². The normalized spacial score (nSPS) is 11.4. The number of phenolic OH excluding ortho intramolecular Hbond substituents is 1. The average Bonchev–Trinajstić information content (AvgIpc) is 2.99. The Hall–Kier alpha value is -2.49. The Kier molecular flexibility index (Phi) is 20.4. The van der Waals surface area contributed by atoms with Crippen molar-refractivity contribution in [3.05, 3.63) is 48.0 Å². The Morgan fingerprint density at radius 1 is 0.537 bits per heavy atom. The summed E-state index contributed by atoms with van der Waals surface area (Å²) in [5.74, 6) is 1.77. The molecule has 0 aliphatic rings. The molecule has 0 heterocycles. The van der Waals surface area contributed by atoms with Crippen LogP contribution in [0.1, 0.15) is 148 Å². The molecule has 0 atom stereocenters. The second-order valence-electron chi connectivity index (χ2n) is 11.5. The minimum atomic E-state index is 0.185. The molecule has 1 N–H and O–H groups in total. The fraction of sp³-hybridized carbons (Fsp3) is 0.649. The summed E-state index contributed by atoms with van der Waals surface area (Å²) in [6, 6.07) is 13.3. The van der Waals surface area contributed by atoms with Crippen molar-refractivity contribution in [1.29, 1.82) is 0 Å². The quantitative estimate of drug-likeness (QED) is 0.0911. The zero-order valence-electron chi connectivity index (χ0n) is 26.4. The third-order valence-electron chi connectivity index (χ3n) is 7.72. The van der Waals surface area contributed by atoms with Crippen LogP contribution in [0.15, 0.2) is 47.5 Å². The van der Waals surface area contributed by atoms with E-state index in [2.05, 4.69) is 18.8 Å². The van der Waals surface area contributed by atoms with Gasteiger partial charge in [0.1, 0.15) is 17.2 Å². The largest absolute Gasteiger partial charge is 0.507 e. The van der Waals surface area contributed by atoms with Crippen molar-refractivity contribution < 1.29 is 14.6 Å². The topological polar surface area (TPSA) is 51.0 Å². The van der Waals surface area contributed by atoms with Crippen LogP contribution in [-0.4, -0.2) is 24.5 Å². The van der Waals surface area contributed by atoms with Crippen LogP contribution in [0, 0.1) is 0 Å². The monoisotopic (exact) mass is 565 g/mol. The number of nitrogens with zero attached hydrogens (tertiary/aromatic N) is 1. The molecule has 2 rings (SSSR count). The lowest BCUT2D eigenvalue weighted by atomic mass is 10.1. The number of benzene rings is 2. The Morgan fingerprint density at radius 3 is 1.41 bits per heavy atom. The molecule has 0 aliphatic carbocycles. The zero-order chi connectivity index (χ0) is 29.2. The summed E-state index contributed by atoms with van der Waals surface area (Å²) in [4.78, 5) is 4.52. The first-order valence-corrected chi connectivity index (χ1v) is 17.0. The summed E-state index contributed by atoms with van der Waals surface area (Å²) in [6.07, 6.45) is 28.1. The van der Waals surface area contributed by atoms with Crippen LogP contribution in [0.3, 0.4) is 0 Å². The van der Waals surface area contributed by atoms with Gasteiger partial charge in [0.15, 0.2) is 0 Å². The van der Waals surface area contributed by atoms with Crippen molar-refractivity contribution in [3.63, 3.8) is 0 Å². The van der Waals surface area contributed by atoms with Gasteiger partial charge in [-0.2, -0.15) is 0 Å². The van der Waals surface area contributed by atoms with E-state index >= 15 is 0 Å². The second-order valence-corrected chi connectivity index (χ2v) is 11.5. The van der Waals surface area contributed by atoms with Gasteiger partial charge in [0, 0.05) is 17.8 Å². The third-order valence-corrected chi connectivity index (χ3v) is 7.72. The maximum absolute atomic E-state index is 10.4. The summed E-state index contributed by atoms with van der Waals surface area (Å²) < 4.78 is 11.7. The summed E-state index contributed by atoms with van der Waals surface area (Å²) in [7, 11) is 0. The van der Waals surface area contributed by atoms with Crippen molar-refractivity contribution in [2.24, 2.45) is 4.99 Å². The molecule has 4 heteroatoms. The summed E-state index contributed by atoms with van der Waals surface area (Å²) in [6.45, 7) is 5.99. The molecular formula is C37H59NO3. The van der Waals surface area contributed by atoms with E-state index in [1.165, 1.54) is 116 Å². The van der Waals surface area contributed by atoms with Crippen LogP contribution in [0.4, 0.5) is 5.69 Å². The molecule has 0 radical (unpaired) electrons. The van der Waals surface area contributed by atoms with E-state index in [1.54, 1.807) is 12.3 Å². The van der Waals surface area contributed by atoms with Gasteiger partial charge in [-0.15, -0.1) is 0 Å². The molecule has 0 spiro atoms. The van der Waals surface area contributed by atoms with E-state index in [4.69, 9.17) is 9.47 Å². The van der Waals surface area contributed by atoms with Crippen LogP contribution in [-0.2, 0) is 0 Å². The number of ether oxygens (including phenoxy) is 2. The lowest BCUT2D eigenvalue weighted by molar-refractivity contribution is 0.302. The van der Waals surface area contributed by atoms with Crippen molar-refractivity contribution in [1.82, 2.24) is 0 Å². The number of aliphatic imine (C=N–C) groups is 1. The van der Waals surface area contributed by atoms with Crippen LogP contribution in [0.5, 0.6) is 17.2 Å². The van der Waals surface area contributed by atoms with Crippen LogP contribution >= 0.6 is 0 Å². The molecule has 0 aromatic heterocycles. The van der Waals surface area contributed by atoms with E-state index in [9.17, 15) is 5.11 Å². The maximum Gasteiger partial charge on any atom is 0.128 e. The molecule has 0 unspecified atom stereocenters. The summed E-state index contributed by atoms with van der Waals surface area (Å²) >= 11 is 0. The highest BCUT2D eigenvalue weighted by molar-refractivity contribution is 5.85. The van der Waals surface area contributed by atoms with Gasteiger partial charge in [-0.25, -0.2) is 0 Å². The van der Waals surface area contributed by atoms with E-state index < -0.39 is 0 Å². The first-order valence-electron chi connectivity index (χ1n) is 17.0. The van der Waals surface area contributed by atoms with E-state index in [-0.39, 0.29) is 5.75 Å². The van der Waals surface area contributed by atoms with Gasteiger partial charge < -0.3 is 14.6 Å². The number of aromatic hydroxyl groups is 1. The molecule has 0 saturated heterocycles. The van der Waals surface area contributed by atoms with Gasteiger partial charge in [-0.1, -0.05) is 129 Å². The molecule has 2 aromatic carbocycles. The number of unbranched alkanes of at least 4 members (excludes halogenated alkanes) is 18. The predicted octanol–water partition coefficient (Wildman–Crippen LogP) is 11.7. The zero-order valence-corrected chi connectivity index (χ0v) is 26.4. The standard InChI is InChI=1S/C37H59NO3/c1-3-5-7-9-11-13-14-15-16-18-19-21-29-40-35-27-24-34(25-28-35)38-32-33-23-26-36(31-37(33)39)41-30-22-20-17-12-10-8-6-4-2/h23-28,31-32,39H,3-22,29-30H2,1-2H3. The fourth-order valence-corrected chi connectivity index (χ4v) is 5.05. The average molecular weight is 566 g/mol. The SMILES string of the molecule is CCCCCCCCCCCCCCOc1ccc(N=Cc2ccc(OCCCCCCCCCC)cc2O)cc1. The first-order chi connectivity index (χ1) is 20.2. The highest BCUT2D eigenvalue weighted by atomic mass is 16.5. The smallest absolute Gasteiger partial charge is 0.128 e. The number of hydrogen-bond acceptors (Lipinski definition) is 4. The minimum Gasteiger partial charge on any atom is -0.507 e. The van der Waals surface area contributed by atoms with Gasteiger partial charge in [0.2, 0.25) is 0 Å². The molecule has 0 aliphatic heterocycles.